The Kier molecular flexibility index (Phi) is 3.98. The second kappa shape index (κ2) is 5.48. The van der Waals surface area contributed by atoms with Crippen LogP contribution in [0.15, 0.2) is 6.20 Å². The fraction of sp³-hybridized carbons (Fsp3) is 0.600. The average Bonchev–Trinajstić information content (AvgIpc) is 2.39. The molecule has 1 aromatic heterocycles. The van der Waals surface area contributed by atoms with Crippen LogP contribution in [0.4, 0.5) is 11.8 Å². The maximum atomic E-state index is 6.09. The Morgan fingerprint density at radius 3 is 2.82 bits per heavy atom. The molecule has 94 valence electrons. The van der Waals surface area contributed by atoms with Crippen molar-refractivity contribution in [2.75, 3.05) is 30.5 Å². The molecule has 0 saturated carbocycles. The van der Waals surface area contributed by atoms with Gasteiger partial charge >= 0.3 is 0 Å². The topological polar surface area (TPSA) is 76.3 Å². The Hall–Kier alpha value is -1.11. The Bertz CT molecular complexity index is 381. The number of rotatable bonds is 3. The SMILES string of the molecule is COC1CCN(c2nc(NN)ncc2Cl)CC1. The van der Waals surface area contributed by atoms with Crippen molar-refractivity contribution in [1.29, 1.82) is 0 Å². The Morgan fingerprint density at radius 1 is 1.53 bits per heavy atom. The van der Waals surface area contributed by atoms with Crippen LogP contribution in [0.5, 0.6) is 0 Å². The van der Waals surface area contributed by atoms with Gasteiger partial charge in [0.15, 0.2) is 5.82 Å². The number of hydrogen-bond acceptors (Lipinski definition) is 6. The van der Waals surface area contributed by atoms with Gasteiger partial charge in [-0.2, -0.15) is 4.98 Å². The molecule has 6 nitrogen and oxygen atoms in total. The molecular formula is C10H16ClN5O. The van der Waals surface area contributed by atoms with Crippen molar-refractivity contribution >= 4 is 23.4 Å². The highest BCUT2D eigenvalue weighted by Crippen LogP contribution is 2.26. The number of piperidine rings is 1. The van der Waals surface area contributed by atoms with Gasteiger partial charge in [0.2, 0.25) is 5.95 Å². The van der Waals surface area contributed by atoms with Crippen molar-refractivity contribution < 1.29 is 4.74 Å². The van der Waals surface area contributed by atoms with Gasteiger partial charge in [0.05, 0.1) is 12.3 Å². The summed E-state index contributed by atoms with van der Waals surface area (Å²) in [4.78, 5) is 10.3. The molecule has 0 bridgehead atoms. The number of methoxy groups -OCH3 is 1. The van der Waals surface area contributed by atoms with Gasteiger partial charge in [-0.3, -0.25) is 5.43 Å². The summed E-state index contributed by atoms with van der Waals surface area (Å²) >= 11 is 6.09. The zero-order valence-electron chi connectivity index (χ0n) is 9.69. The fourth-order valence-electron chi connectivity index (χ4n) is 1.95. The van der Waals surface area contributed by atoms with Crippen LogP contribution in [0.25, 0.3) is 0 Å². The molecule has 0 radical (unpaired) electrons. The lowest BCUT2D eigenvalue weighted by Crippen LogP contribution is -2.37. The Morgan fingerprint density at radius 2 is 2.24 bits per heavy atom. The molecule has 0 aromatic carbocycles. The molecule has 0 amide bonds. The minimum absolute atomic E-state index is 0.332. The molecule has 1 aromatic rings. The molecule has 1 fully saturated rings. The summed E-state index contributed by atoms with van der Waals surface area (Å²) < 4.78 is 5.33. The largest absolute Gasteiger partial charge is 0.381 e. The van der Waals surface area contributed by atoms with Crippen LogP contribution >= 0.6 is 11.6 Å². The van der Waals surface area contributed by atoms with E-state index in [0.717, 1.165) is 31.7 Å². The summed E-state index contributed by atoms with van der Waals surface area (Å²) in [6.45, 7) is 1.75. The summed E-state index contributed by atoms with van der Waals surface area (Å²) in [6.07, 6.45) is 3.84. The normalized spacial score (nSPS) is 17.2. The fourth-order valence-corrected chi connectivity index (χ4v) is 2.16. The molecular weight excluding hydrogens is 242 g/mol. The zero-order valence-corrected chi connectivity index (χ0v) is 10.4. The average molecular weight is 258 g/mol. The number of anilines is 2. The van der Waals surface area contributed by atoms with Crippen LogP contribution in [0.1, 0.15) is 12.8 Å². The molecule has 0 aliphatic carbocycles. The molecule has 0 unspecified atom stereocenters. The molecule has 2 heterocycles. The predicted molar refractivity (Wildman–Crippen MR) is 67.1 cm³/mol. The summed E-state index contributed by atoms with van der Waals surface area (Å²) in [7, 11) is 1.74. The smallest absolute Gasteiger partial charge is 0.239 e. The number of aromatic nitrogens is 2. The molecule has 7 heteroatoms. The number of nitrogens with zero attached hydrogens (tertiary/aromatic N) is 3. The number of halogens is 1. The number of nitrogens with one attached hydrogen (secondary N) is 1. The number of ether oxygens (including phenoxy) is 1. The van der Waals surface area contributed by atoms with E-state index in [4.69, 9.17) is 22.2 Å². The zero-order chi connectivity index (χ0) is 12.3. The van der Waals surface area contributed by atoms with Crippen LogP contribution in [0, 0.1) is 0 Å². The summed E-state index contributed by atoms with van der Waals surface area (Å²) in [6, 6.07) is 0. The number of hydrazine groups is 1. The maximum absolute atomic E-state index is 6.09. The van der Waals surface area contributed by atoms with Crippen molar-refractivity contribution in [3.8, 4) is 0 Å². The van der Waals surface area contributed by atoms with Gasteiger partial charge in [0.25, 0.3) is 0 Å². The second-order valence-corrected chi connectivity index (χ2v) is 4.34. The third-order valence-electron chi connectivity index (χ3n) is 2.93. The van der Waals surface area contributed by atoms with E-state index in [9.17, 15) is 0 Å². The van der Waals surface area contributed by atoms with E-state index in [0.29, 0.717) is 17.1 Å². The summed E-state index contributed by atoms with van der Waals surface area (Å²) in [5.74, 6) is 6.38. The quantitative estimate of drug-likeness (QED) is 0.622. The van der Waals surface area contributed by atoms with Crippen molar-refractivity contribution in [2.24, 2.45) is 5.84 Å². The summed E-state index contributed by atoms with van der Waals surface area (Å²) in [5, 5.41) is 0.542. The van der Waals surface area contributed by atoms with Crippen LogP contribution in [-0.2, 0) is 4.74 Å². The molecule has 1 saturated heterocycles. The van der Waals surface area contributed by atoms with Crippen LogP contribution in [0.2, 0.25) is 5.02 Å². The van der Waals surface area contributed by atoms with Gasteiger partial charge in [-0.15, -0.1) is 0 Å². The second-order valence-electron chi connectivity index (χ2n) is 3.93. The molecule has 3 N–H and O–H groups in total. The first-order valence-corrected chi connectivity index (χ1v) is 5.89. The number of hydrogen-bond donors (Lipinski definition) is 2. The number of nitrogen functional groups attached to an aromatic ring is 1. The minimum Gasteiger partial charge on any atom is -0.381 e. The van der Waals surface area contributed by atoms with Crippen molar-refractivity contribution in [3.63, 3.8) is 0 Å². The third kappa shape index (κ3) is 2.77. The van der Waals surface area contributed by atoms with Gasteiger partial charge < -0.3 is 9.64 Å². The minimum atomic E-state index is 0.332. The first-order valence-electron chi connectivity index (χ1n) is 5.51. The first kappa shape index (κ1) is 12.3. The predicted octanol–water partition coefficient (Wildman–Crippen LogP) is 1.03. The van der Waals surface area contributed by atoms with E-state index < -0.39 is 0 Å². The van der Waals surface area contributed by atoms with Gasteiger partial charge in [-0.25, -0.2) is 10.8 Å². The Labute approximate surface area is 105 Å². The molecule has 0 atom stereocenters. The molecule has 2 rings (SSSR count). The molecule has 1 aliphatic rings. The van der Waals surface area contributed by atoms with E-state index in [1.54, 1.807) is 13.3 Å². The molecule has 17 heavy (non-hydrogen) atoms. The van der Waals surface area contributed by atoms with Gasteiger partial charge in [0, 0.05) is 20.2 Å². The van der Waals surface area contributed by atoms with E-state index in [1.165, 1.54) is 0 Å². The highest BCUT2D eigenvalue weighted by Gasteiger charge is 2.21. The number of nitrogens with two attached hydrogens (primary N) is 1. The van der Waals surface area contributed by atoms with Crippen LogP contribution < -0.4 is 16.2 Å². The standard InChI is InChI=1S/C10H16ClN5O/c1-17-7-2-4-16(5-3-7)9-8(11)6-13-10(14-9)15-12/h6-7H,2-5,12H2,1H3,(H,13,14,15). The first-order chi connectivity index (χ1) is 8.24. The van der Waals surface area contributed by atoms with Crippen LogP contribution in [-0.4, -0.2) is 36.3 Å². The summed E-state index contributed by atoms with van der Waals surface area (Å²) in [5.41, 5.74) is 2.42. The lowest BCUT2D eigenvalue weighted by Gasteiger charge is -2.32. The highest BCUT2D eigenvalue weighted by atomic mass is 35.5. The lowest BCUT2D eigenvalue weighted by atomic mass is 10.1. The van der Waals surface area contributed by atoms with Crippen molar-refractivity contribution in [2.45, 2.75) is 18.9 Å². The van der Waals surface area contributed by atoms with Gasteiger partial charge in [-0.1, -0.05) is 11.6 Å². The van der Waals surface area contributed by atoms with E-state index in [1.807, 2.05) is 0 Å². The highest BCUT2D eigenvalue weighted by molar-refractivity contribution is 6.32. The third-order valence-corrected chi connectivity index (χ3v) is 3.20. The maximum Gasteiger partial charge on any atom is 0.239 e. The Balaban J connectivity index is 2.12. The monoisotopic (exact) mass is 257 g/mol. The van der Waals surface area contributed by atoms with Crippen molar-refractivity contribution in [3.05, 3.63) is 11.2 Å². The van der Waals surface area contributed by atoms with E-state index in [2.05, 4.69) is 20.3 Å². The van der Waals surface area contributed by atoms with Crippen LogP contribution in [0.3, 0.4) is 0 Å². The van der Waals surface area contributed by atoms with Gasteiger partial charge in [-0.05, 0) is 12.8 Å². The van der Waals surface area contributed by atoms with E-state index in [-0.39, 0.29) is 0 Å². The van der Waals surface area contributed by atoms with E-state index >= 15 is 0 Å². The lowest BCUT2D eigenvalue weighted by molar-refractivity contribution is 0.0818. The molecule has 0 spiro atoms. The van der Waals surface area contributed by atoms with Crippen molar-refractivity contribution in [1.82, 2.24) is 9.97 Å². The molecule has 1 aliphatic heterocycles. The van der Waals surface area contributed by atoms with Gasteiger partial charge in [0.1, 0.15) is 5.02 Å².